The van der Waals surface area contributed by atoms with Gasteiger partial charge in [0.2, 0.25) is 11.8 Å². The van der Waals surface area contributed by atoms with Crippen LogP contribution >= 0.6 is 0 Å². The minimum atomic E-state index is -4.03. The molecular weight excluding hydrogens is 638 g/mol. The van der Waals surface area contributed by atoms with Crippen LogP contribution in [0.25, 0.3) is 11.1 Å². The smallest absolute Gasteiger partial charge is 0.290 e. The third-order valence-electron chi connectivity index (χ3n) is 8.32. The highest BCUT2D eigenvalue weighted by atomic mass is 19.3. The maximum absolute atomic E-state index is 14.9. The Kier molecular flexibility index (Phi) is 8.04. The van der Waals surface area contributed by atoms with E-state index in [1.165, 1.54) is 11.1 Å². The summed E-state index contributed by atoms with van der Waals surface area (Å²) in [6.45, 7) is -1.16. The number of aromatic nitrogens is 3. The minimum Gasteiger partial charge on any atom is -0.346 e. The number of anilines is 1. The van der Waals surface area contributed by atoms with Gasteiger partial charge in [0.15, 0.2) is 0 Å². The number of halogens is 8. The highest BCUT2D eigenvalue weighted by Crippen LogP contribution is 2.52. The van der Waals surface area contributed by atoms with Gasteiger partial charge < -0.3 is 10.2 Å². The summed E-state index contributed by atoms with van der Waals surface area (Å²) >= 11 is 0. The minimum absolute atomic E-state index is 0.0538. The molecule has 2 aromatic heterocycles. The number of fused-ring (bicyclic) bond motifs is 2. The summed E-state index contributed by atoms with van der Waals surface area (Å²) in [6, 6.07) is 9.85. The van der Waals surface area contributed by atoms with Crippen LogP contribution in [-0.2, 0) is 40.8 Å². The third-order valence-corrected chi connectivity index (χ3v) is 8.32. The Morgan fingerprint density at radius 1 is 0.957 bits per heavy atom. The second-order valence-corrected chi connectivity index (χ2v) is 11.4. The van der Waals surface area contributed by atoms with Crippen LogP contribution in [0.4, 0.5) is 40.8 Å². The maximum Gasteiger partial charge on any atom is 0.290 e. The monoisotopic (exact) mass is 663 g/mol. The second kappa shape index (κ2) is 11.8. The number of nitrogens with zero attached hydrogens (tertiary/aromatic N) is 4. The Balaban J connectivity index is 1.41. The van der Waals surface area contributed by atoms with Crippen molar-refractivity contribution >= 4 is 17.5 Å². The average Bonchev–Trinajstić information content (AvgIpc) is 3.53. The summed E-state index contributed by atoms with van der Waals surface area (Å²) < 4.78 is 115. The maximum atomic E-state index is 14.9. The normalized spacial score (nSPS) is 17.1. The molecule has 0 spiro atoms. The van der Waals surface area contributed by atoms with E-state index < -0.39 is 78.2 Å². The predicted molar refractivity (Wildman–Crippen MR) is 152 cm³/mol. The van der Waals surface area contributed by atoms with Crippen molar-refractivity contribution < 1.29 is 44.7 Å². The predicted octanol–water partition coefficient (Wildman–Crippen LogP) is 6.76. The first-order valence-corrected chi connectivity index (χ1v) is 14.4. The van der Waals surface area contributed by atoms with Crippen molar-refractivity contribution in [1.29, 1.82) is 0 Å². The summed E-state index contributed by atoms with van der Waals surface area (Å²) in [4.78, 5) is 31.9. The molecule has 1 atom stereocenters. The van der Waals surface area contributed by atoms with Crippen LogP contribution in [0.3, 0.4) is 0 Å². The standard InChI is InChI=1S/C32H25F8N5O2/c1-44-23-6-2-4-19(21(23)14-25(44)47)20-5-3-9-41-27(20)22(12-16-10-17(33)13-18(34)11-16)42-24(46)15-45-29-26(28(43-45)30(35)36)31(37,38)7-8-32(29,39)40/h2-6,9-11,13,22,30H,7-8,12,14-15H2,1H3,(H,42,46)/t22-/m0/s1. The summed E-state index contributed by atoms with van der Waals surface area (Å²) in [5, 5.41) is 5.88. The molecule has 15 heteroatoms. The van der Waals surface area contributed by atoms with Gasteiger partial charge in [0.1, 0.15) is 29.6 Å². The Bertz CT molecular complexity index is 1870. The summed E-state index contributed by atoms with van der Waals surface area (Å²) in [6.07, 6.45) is -5.22. The molecular formula is C32H25F8N5O2. The number of carbonyl (C=O) groups excluding carboxylic acids is 2. The lowest BCUT2D eigenvalue weighted by Crippen LogP contribution is -2.37. The SMILES string of the molecule is CN1C(=O)Cc2c(-c3cccnc3[C@H](Cc3cc(F)cc(F)c3)NC(=O)Cn3nc(C(F)F)c4c3C(F)(F)CCC4(F)F)cccc21. The summed E-state index contributed by atoms with van der Waals surface area (Å²) in [5.74, 6) is -11.1. The highest BCUT2D eigenvalue weighted by molar-refractivity contribution is 6.03. The van der Waals surface area contributed by atoms with Gasteiger partial charge in [0.25, 0.3) is 18.3 Å². The van der Waals surface area contributed by atoms with Crippen molar-refractivity contribution in [3.8, 4) is 11.1 Å². The lowest BCUT2D eigenvalue weighted by Gasteiger charge is -2.29. The number of alkyl halides is 6. The van der Waals surface area contributed by atoms with E-state index in [2.05, 4.69) is 15.4 Å². The van der Waals surface area contributed by atoms with Crippen molar-refractivity contribution in [3.63, 3.8) is 0 Å². The molecule has 47 heavy (non-hydrogen) atoms. The number of carbonyl (C=O) groups is 2. The van der Waals surface area contributed by atoms with Gasteiger partial charge in [0, 0.05) is 43.4 Å². The molecule has 0 saturated carbocycles. The molecule has 3 heterocycles. The Morgan fingerprint density at radius 2 is 1.64 bits per heavy atom. The molecule has 0 saturated heterocycles. The van der Waals surface area contributed by atoms with Gasteiger partial charge in [-0.25, -0.2) is 26.3 Å². The molecule has 1 aliphatic carbocycles. The molecule has 7 nitrogen and oxygen atoms in total. The molecule has 246 valence electrons. The quantitative estimate of drug-likeness (QED) is 0.212. The number of rotatable bonds is 8. The van der Waals surface area contributed by atoms with Crippen molar-refractivity contribution in [2.24, 2.45) is 0 Å². The summed E-state index contributed by atoms with van der Waals surface area (Å²) in [7, 11) is 1.61. The first-order chi connectivity index (χ1) is 22.2. The zero-order valence-electron chi connectivity index (χ0n) is 24.5. The van der Waals surface area contributed by atoms with Crippen molar-refractivity contribution in [2.45, 2.75) is 56.5 Å². The van der Waals surface area contributed by atoms with Crippen molar-refractivity contribution in [3.05, 3.63) is 100 Å². The van der Waals surface area contributed by atoms with Crippen LogP contribution in [-0.4, -0.2) is 33.6 Å². The number of nitrogens with one attached hydrogen (secondary N) is 1. The Morgan fingerprint density at radius 3 is 2.34 bits per heavy atom. The molecule has 0 bridgehead atoms. The fourth-order valence-electron chi connectivity index (χ4n) is 6.25. The topological polar surface area (TPSA) is 80.1 Å². The lowest BCUT2D eigenvalue weighted by molar-refractivity contribution is -0.123. The van der Waals surface area contributed by atoms with E-state index in [0.29, 0.717) is 28.4 Å². The van der Waals surface area contributed by atoms with Crippen LogP contribution in [0.5, 0.6) is 0 Å². The third kappa shape index (κ3) is 5.94. The zero-order valence-corrected chi connectivity index (χ0v) is 24.5. The van der Waals surface area contributed by atoms with E-state index in [1.807, 2.05) is 0 Å². The number of benzene rings is 2. The first-order valence-electron chi connectivity index (χ1n) is 14.4. The fourth-order valence-corrected chi connectivity index (χ4v) is 6.25. The van der Waals surface area contributed by atoms with Gasteiger partial charge in [0.05, 0.1) is 23.7 Å². The van der Waals surface area contributed by atoms with Crippen LogP contribution in [0, 0.1) is 11.6 Å². The van der Waals surface area contributed by atoms with Crippen LogP contribution in [0.2, 0.25) is 0 Å². The van der Waals surface area contributed by atoms with Crippen molar-refractivity contribution in [1.82, 2.24) is 20.1 Å². The number of likely N-dealkylation sites (N-methyl/N-ethyl adjacent to an activating group) is 1. The fraction of sp³-hybridized carbons (Fsp3) is 0.312. The molecule has 1 N–H and O–H groups in total. The lowest BCUT2D eigenvalue weighted by atomic mass is 9.89. The number of amides is 2. The highest BCUT2D eigenvalue weighted by Gasteiger charge is 2.55. The van der Waals surface area contributed by atoms with E-state index in [1.54, 1.807) is 37.4 Å². The van der Waals surface area contributed by atoms with Crippen LogP contribution < -0.4 is 10.2 Å². The van der Waals surface area contributed by atoms with Gasteiger partial charge in [-0.1, -0.05) is 18.2 Å². The van der Waals surface area contributed by atoms with E-state index in [4.69, 9.17) is 0 Å². The molecule has 0 fully saturated rings. The van der Waals surface area contributed by atoms with Gasteiger partial charge >= 0.3 is 0 Å². The van der Waals surface area contributed by atoms with Gasteiger partial charge in [-0.3, -0.25) is 19.3 Å². The van der Waals surface area contributed by atoms with E-state index >= 15 is 0 Å². The van der Waals surface area contributed by atoms with Gasteiger partial charge in [-0.15, -0.1) is 0 Å². The van der Waals surface area contributed by atoms with Gasteiger partial charge in [-0.05, 0) is 47.4 Å². The van der Waals surface area contributed by atoms with Crippen LogP contribution in [0.15, 0.2) is 54.7 Å². The van der Waals surface area contributed by atoms with E-state index in [-0.39, 0.29) is 34.7 Å². The molecule has 4 aromatic rings. The summed E-state index contributed by atoms with van der Waals surface area (Å²) in [5.41, 5.74) is -2.12. The average molecular weight is 664 g/mol. The molecule has 2 aliphatic rings. The number of pyridine rings is 1. The molecule has 0 unspecified atom stereocenters. The van der Waals surface area contributed by atoms with Gasteiger partial charge in [-0.2, -0.15) is 13.9 Å². The Labute approximate surface area is 262 Å². The molecule has 6 rings (SSSR count). The largest absolute Gasteiger partial charge is 0.346 e. The number of hydrogen-bond acceptors (Lipinski definition) is 4. The van der Waals surface area contributed by atoms with Crippen molar-refractivity contribution in [2.75, 3.05) is 11.9 Å². The van der Waals surface area contributed by atoms with E-state index in [9.17, 15) is 44.7 Å². The first kappa shape index (κ1) is 32.1. The molecule has 2 aromatic carbocycles. The Hall–Kier alpha value is -4.82. The molecule has 0 radical (unpaired) electrons. The zero-order chi connectivity index (χ0) is 33.8. The molecule has 1 aliphatic heterocycles. The van der Waals surface area contributed by atoms with E-state index in [0.717, 1.165) is 12.1 Å². The number of hydrogen-bond donors (Lipinski definition) is 1. The molecule has 2 amide bonds. The van der Waals surface area contributed by atoms with Crippen LogP contribution in [0.1, 0.15) is 59.1 Å². The second-order valence-electron chi connectivity index (χ2n) is 11.4.